The van der Waals surface area contributed by atoms with Gasteiger partial charge in [0.1, 0.15) is 18.0 Å². The van der Waals surface area contributed by atoms with Gasteiger partial charge in [0.2, 0.25) is 5.91 Å². The summed E-state index contributed by atoms with van der Waals surface area (Å²) < 4.78 is 0. The van der Waals surface area contributed by atoms with Crippen molar-refractivity contribution in [1.82, 2.24) is 9.97 Å². The Balaban J connectivity index is 2.96. The van der Waals surface area contributed by atoms with Crippen LogP contribution in [0.4, 0.5) is 11.6 Å². The van der Waals surface area contributed by atoms with Gasteiger partial charge in [0.25, 0.3) is 0 Å². The maximum Gasteiger partial charge on any atom is 0.219 e. The Labute approximate surface area is 107 Å². The minimum atomic E-state index is -0.463. The van der Waals surface area contributed by atoms with Crippen molar-refractivity contribution < 1.29 is 4.79 Å². The SMILES string of the molecule is CCCc1c(N)ncnc1NC(C)(C)CC(N)=O. The van der Waals surface area contributed by atoms with Gasteiger partial charge in [0.05, 0.1) is 0 Å². The molecule has 0 aliphatic heterocycles. The molecule has 0 fully saturated rings. The number of hydrogen-bond acceptors (Lipinski definition) is 5. The molecular weight excluding hydrogens is 230 g/mol. The van der Waals surface area contributed by atoms with Gasteiger partial charge in [-0.2, -0.15) is 0 Å². The lowest BCUT2D eigenvalue weighted by Gasteiger charge is -2.26. The zero-order valence-corrected chi connectivity index (χ0v) is 11.2. The van der Waals surface area contributed by atoms with Crippen molar-refractivity contribution in [3.05, 3.63) is 11.9 Å². The van der Waals surface area contributed by atoms with Crippen molar-refractivity contribution in [2.45, 2.75) is 45.6 Å². The topological polar surface area (TPSA) is 107 Å². The van der Waals surface area contributed by atoms with Gasteiger partial charge >= 0.3 is 0 Å². The van der Waals surface area contributed by atoms with Crippen molar-refractivity contribution in [2.75, 3.05) is 11.1 Å². The summed E-state index contributed by atoms with van der Waals surface area (Å²) in [6, 6.07) is 0. The van der Waals surface area contributed by atoms with Crippen LogP contribution in [-0.2, 0) is 11.2 Å². The Morgan fingerprint density at radius 2 is 2.11 bits per heavy atom. The van der Waals surface area contributed by atoms with E-state index in [0.29, 0.717) is 11.6 Å². The summed E-state index contributed by atoms with van der Waals surface area (Å²) in [5, 5.41) is 3.21. The van der Waals surface area contributed by atoms with Crippen molar-refractivity contribution in [1.29, 1.82) is 0 Å². The molecule has 1 rings (SSSR count). The van der Waals surface area contributed by atoms with Crippen LogP contribution < -0.4 is 16.8 Å². The van der Waals surface area contributed by atoms with Crippen LogP contribution in [0.15, 0.2) is 6.33 Å². The molecule has 1 aromatic heterocycles. The zero-order chi connectivity index (χ0) is 13.8. The molecule has 100 valence electrons. The van der Waals surface area contributed by atoms with E-state index in [0.717, 1.165) is 18.4 Å². The van der Waals surface area contributed by atoms with Crippen molar-refractivity contribution in [2.24, 2.45) is 5.73 Å². The van der Waals surface area contributed by atoms with E-state index in [1.807, 2.05) is 13.8 Å². The van der Waals surface area contributed by atoms with E-state index in [1.54, 1.807) is 0 Å². The molecule has 1 aromatic rings. The maximum absolute atomic E-state index is 11.0. The first-order valence-electron chi connectivity index (χ1n) is 6.01. The maximum atomic E-state index is 11.0. The zero-order valence-electron chi connectivity index (χ0n) is 11.2. The molecule has 6 heteroatoms. The number of rotatable bonds is 6. The Kier molecular flexibility index (Phi) is 4.47. The molecule has 0 aliphatic rings. The van der Waals surface area contributed by atoms with Gasteiger partial charge in [0, 0.05) is 17.5 Å². The second-order valence-electron chi connectivity index (χ2n) is 4.99. The van der Waals surface area contributed by atoms with E-state index in [9.17, 15) is 4.79 Å². The van der Waals surface area contributed by atoms with Crippen LogP contribution in [0.2, 0.25) is 0 Å². The average Bonchev–Trinajstić information content (AvgIpc) is 2.20. The number of amides is 1. The largest absolute Gasteiger partial charge is 0.383 e. The highest BCUT2D eigenvalue weighted by molar-refractivity contribution is 5.75. The fourth-order valence-electron chi connectivity index (χ4n) is 1.83. The number of carbonyl (C=O) groups excluding carboxylic acids is 1. The van der Waals surface area contributed by atoms with Crippen LogP contribution in [-0.4, -0.2) is 21.4 Å². The summed E-state index contributed by atoms with van der Waals surface area (Å²) in [5.74, 6) is 0.798. The molecule has 0 saturated carbocycles. The fourth-order valence-corrected chi connectivity index (χ4v) is 1.83. The van der Waals surface area contributed by atoms with Gasteiger partial charge in [0.15, 0.2) is 0 Å². The number of nitrogens with two attached hydrogens (primary N) is 2. The summed E-state index contributed by atoms with van der Waals surface area (Å²) in [5.41, 5.74) is 11.5. The number of primary amides is 1. The highest BCUT2D eigenvalue weighted by Crippen LogP contribution is 2.23. The number of hydrogen-bond donors (Lipinski definition) is 3. The number of aromatic nitrogens is 2. The predicted molar refractivity (Wildman–Crippen MR) is 72.0 cm³/mol. The predicted octanol–water partition coefficient (Wildman–Crippen LogP) is 1.08. The molecular formula is C12H21N5O. The molecule has 0 spiro atoms. The Morgan fingerprint density at radius 1 is 1.44 bits per heavy atom. The second kappa shape index (κ2) is 5.66. The highest BCUT2D eigenvalue weighted by Gasteiger charge is 2.22. The third-order valence-corrected chi connectivity index (χ3v) is 2.55. The molecule has 5 N–H and O–H groups in total. The van der Waals surface area contributed by atoms with Crippen LogP contribution in [0.3, 0.4) is 0 Å². The summed E-state index contributed by atoms with van der Waals surface area (Å²) in [4.78, 5) is 19.2. The number of nitrogens with one attached hydrogen (secondary N) is 1. The Bertz CT molecular complexity index is 430. The highest BCUT2D eigenvalue weighted by atomic mass is 16.1. The minimum Gasteiger partial charge on any atom is -0.383 e. The first-order chi connectivity index (χ1) is 8.35. The van der Waals surface area contributed by atoms with Gasteiger partial charge in [-0.15, -0.1) is 0 Å². The summed E-state index contributed by atoms with van der Waals surface area (Å²) >= 11 is 0. The fraction of sp³-hybridized carbons (Fsp3) is 0.583. The summed E-state index contributed by atoms with van der Waals surface area (Å²) in [6.45, 7) is 5.85. The van der Waals surface area contributed by atoms with Gasteiger partial charge in [-0.25, -0.2) is 9.97 Å². The standard InChI is InChI=1S/C12H21N5O/c1-4-5-8-10(14)15-7-16-11(8)17-12(2,3)6-9(13)18/h7H,4-6H2,1-3H3,(H2,13,18)(H3,14,15,16,17). The Hall–Kier alpha value is -1.85. The monoisotopic (exact) mass is 251 g/mol. The van der Waals surface area contributed by atoms with E-state index >= 15 is 0 Å². The van der Waals surface area contributed by atoms with Gasteiger partial charge in [-0.05, 0) is 20.3 Å². The lowest BCUT2D eigenvalue weighted by atomic mass is 9.99. The summed E-state index contributed by atoms with van der Waals surface area (Å²) in [6.07, 6.45) is 3.38. The number of carbonyl (C=O) groups is 1. The summed E-state index contributed by atoms with van der Waals surface area (Å²) in [7, 11) is 0. The number of nitrogens with zero attached hydrogens (tertiary/aromatic N) is 2. The smallest absolute Gasteiger partial charge is 0.219 e. The third-order valence-electron chi connectivity index (χ3n) is 2.55. The van der Waals surface area contributed by atoms with E-state index in [-0.39, 0.29) is 12.3 Å². The molecule has 0 radical (unpaired) electrons. The van der Waals surface area contributed by atoms with Gasteiger partial charge < -0.3 is 16.8 Å². The molecule has 6 nitrogen and oxygen atoms in total. The molecule has 0 aliphatic carbocycles. The van der Waals surface area contributed by atoms with Crippen molar-refractivity contribution in [3.63, 3.8) is 0 Å². The van der Waals surface area contributed by atoms with Crippen molar-refractivity contribution >= 4 is 17.5 Å². The number of anilines is 2. The first kappa shape index (κ1) is 14.2. The quantitative estimate of drug-likeness (QED) is 0.701. The van der Waals surface area contributed by atoms with E-state index in [1.165, 1.54) is 6.33 Å². The molecule has 0 bridgehead atoms. The Morgan fingerprint density at radius 3 is 2.67 bits per heavy atom. The molecule has 1 heterocycles. The van der Waals surface area contributed by atoms with Crippen LogP contribution in [0.5, 0.6) is 0 Å². The van der Waals surface area contributed by atoms with E-state index < -0.39 is 5.54 Å². The first-order valence-corrected chi connectivity index (χ1v) is 6.01. The van der Waals surface area contributed by atoms with Crippen molar-refractivity contribution in [3.8, 4) is 0 Å². The van der Waals surface area contributed by atoms with E-state index in [2.05, 4.69) is 22.2 Å². The third kappa shape index (κ3) is 3.87. The minimum absolute atomic E-state index is 0.225. The van der Waals surface area contributed by atoms with Crippen LogP contribution >= 0.6 is 0 Å². The lowest BCUT2D eigenvalue weighted by Crippen LogP contribution is -2.36. The molecule has 18 heavy (non-hydrogen) atoms. The van der Waals surface area contributed by atoms with Crippen LogP contribution in [0.1, 0.15) is 39.2 Å². The molecule has 0 atom stereocenters. The number of nitrogen functional groups attached to an aromatic ring is 1. The lowest BCUT2D eigenvalue weighted by molar-refractivity contribution is -0.118. The van der Waals surface area contributed by atoms with Crippen LogP contribution in [0, 0.1) is 0 Å². The van der Waals surface area contributed by atoms with Gasteiger partial charge in [-0.1, -0.05) is 13.3 Å². The van der Waals surface area contributed by atoms with Gasteiger partial charge in [-0.3, -0.25) is 4.79 Å². The molecule has 0 unspecified atom stereocenters. The normalized spacial score (nSPS) is 11.3. The average molecular weight is 251 g/mol. The molecule has 1 amide bonds. The molecule has 0 aromatic carbocycles. The second-order valence-corrected chi connectivity index (χ2v) is 4.99. The van der Waals surface area contributed by atoms with Crippen LogP contribution in [0.25, 0.3) is 0 Å². The molecule has 0 saturated heterocycles. The van der Waals surface area contributed by atoms with E-state index in [4.69, 9.17) is 11.5 Å².